The standard InChI is InChI=1S/C19H20FN5O2/c20-12-4-7-14-15(11-12)22-19(21-14)16-3-1-2-10-25(16)18(27)9-6-13-5-8-17(26)24-23-13/h4-5,7-8,11,16H,1-3,6,9-10H2,(H,21,22)(H,24,26)/t16-/m1/s1. The van der Waals surface area contributed by atoms with Crippen molar-refractivity contribution < 1.29 is 9.18 Å². The molecule has 0 aliphatic carbocycles. The van der Waals surface area contributed by atoms with Gasteiger partial charge >= 0.3 is 0 Å². The van der Waals surface area contributed by atoms with Crippen LogP contribution in [0.5, 0.6) is 0 Å². The third-order valence-corrected chi connectivity index (χ3v) is 4.93. The molecule has 1 amide bonds. The van der Waals surface area contributed by atoms with Gasteiger partial charge in [0, 0.05) is 25.5 Å². The molecule has 1 aromatic carbocycles. The van der Waals surface area contributed by atoms with Crippen molar-refractivity contribution in [2.75, 3.05) is 6.54 Å². The van der Waals surface area contributed by atoms with Crippen LogP contribution in [0.4, 0.5) is 4.39 Å². The SMILES string of the molecule is O=C(CCc1ccc(=O)[nH]n1)N1CCCC[C@@H]1c1nc2ccc(F)cc2[nH]1. The maximum Gasteiger partial charge on any atom is 0.264 e. The van der Waals surface area contributed by atoms with E-state index in [-0.39, 0.29) is 23.3 Å². The summed E-state index contributed by atoms with van der Waals surface area (Å²) >= 11 is 0. The lowest BCUT2D eigenvalue weighted by Gasteiger charge is -2.34. The van der Waals surface area contributed by atoms with E-state index >= 15 is 0 Å². The number of H-pyrrole nitrogens is 2. The van der Waals surface area contributed by atoms with Crippen molar-refractivity contribution in [2.45, 2.75) is 38.1 Å². The zero-order chi connectivity index (χ0) is 18.8. The average molecular weight is 369 g/mol. The first kappa shape index (κ1) is 17.4. The number of carbonyl (C=O) groups excluding carboxylic acids is 1. The molecule has 1 fully saturated rings. The molecular formula is C19H20FN5O2. The lowest BCUT2D eigenvalue weighted by Crippen LogP contribution is -2.39. The van der Waals surface area contributed by atoms with Gasteiger partial charge < -0.3 is 9.88 Å². The van der Waals surface area contributed by atoms with Gasteiger partial charge in [-0.15, -0.1) is 0 Å². The highest BCUT2D eigenvalue weighted by Crippen LogP contribution is 2.31. The monoisotopic (exact) mass is 369 g/mol. The quantitative estimate of drug-likeness (QED) is 0.739. The number of halogens is 1. The number of aryl methyl sites for hydroxylation is 1. The van der Waals surface area contributed by atoms with Crippen LogP contribution in [0.25, 0.3) is 11.0 Å². The van der Waals surface area contributed by atoms with Crippen molar-refractivity contribution in [1.29, 1.82) is 0 Å². The number of carbonyl (C=O) groups is 1. The molecule has 0 bridgehead atoms. The van der Waals surface area contributed by atoms with Crippen LogP contribution in [0.3, 0.4) is 0 Å². The predicted octanol–water partition coefficient (Wildman–Crippen LogP) is 2.47. The number of rotatable bonds is 4. The largest absolute Gasteiger partial charge is 0.340 e. The van der Waals surface area contributed by atoms with Gasteiger partial charge in [-0.1, -0.05) is 0 Å². The van der Waals surface area contributed by atoms with Crippen LogP contribution >= 0.6 is 0 Å². The summed E-state index contributed by atoms with van der Waals surface area (Å²) in [7, 11) is 0. The number of piperidine rings is 1. The molecule has 0 radical (unpaired) electrons. The topological polar surface area (TPSA) is 94.7 Å². The van der Waals surface area contributed by atoms with E-state index in [4.69, 9.17) is 0 Å². The Morgan fingerprint density at radius 2 is 2.15 bits per heavy atom. The van der Waals surface area contributed by atoms with E-state index < -0.39 is 0 Å². The van der Waals surface area contributed by atoms with E-state index in [2.05, 4.69) is 20.2 Å². The van der Waals surface area contributed by atoms with Gasteiger partial charge in [0.2, 0.25) is 5.91 Å². The first-order valence-electron chi connectivity index (χ1n) is 9.09. The summed E-state index contributed by atoms with van der Waals surface area (Å²) < 4.78 is 13.4. The number of hydrogen-bond donors (Lipinski definition) is 2. The molecule has 140 valence electrons. The fraction of sp³-hybridized carbons (Fsp3) is 0.368. The van der Waals surface area contributed by atoms with Crippen molar-refractivity contribution in [2.24, 2.45) is 0 Å². The van der Waals surface area contributed by atoms with E-state index in [0.717, 1.165) is 19.3 Å². The summed E-state index contributed by atoms with van der Waals surface area (Å²) in [4.78, 5) is 33.5. The van der Waals surface area contributed by atoms with E-state index in [1.54, 1.807) is 12.1 Å². The van der Waals surface area contributed by atoms with Crippen molar-refractivity contribution in [1.82, 2.24) is 25.1 Å². The summed E-state index contributed by atoms with van der Waals surface area (Å²) in [5.74, 6) is 0.410. The minimum absolute atomic E-state index is 0.0272. The van der Waals surface area contributed by atoms with Gasteiger partial charge in [-0.2, -0.15) is 5.10 Å². The number of amides is 1. The Balaban J connectivity index is 1.51. The lowest BCUT2D eigenvalue weighted by atomic mass is 10.0. The predicted molar refractivity (Wildman–Crippen MR) is 97.5 cm³/mol. The summed E-state index contributed by atoms with van der Waals surface area (Å²) in [6.45, 7) is 0.675. The van der Waals surface area contributed by atoms with Crippen LogP contribution in [-0.4, -0.2) is 37.5 Å². The molecule has 8 heteroatoms. The molecule has 2 N–H and O–H groups in total. The highest BCUT2D eigenvalue weighted by molar-refractivity contribution is 5.78. The Morgan fingerprint density at radius 1 is 1.26 bits per heavy atom. The lowest BCUT2D eigenvalue weighted by molar-refractivity contribution is -0.135. The Morgan fingerprint density at radius 3 is 2.96 bits per heavy atom. The number of imidazole rings is 1. The number of benzene rings is 1. The second-order valence-corrected chi connectivity index (χ2v) is 6.79. The van der Waals surface area contributed by atoms with Crippen LogP contribution in [-0.2, 0) is 11.2 Å². The van der Waals surface area contributed by atoms with E-state index in [0.29, 0.717) is 41.9 Å². The second-order valence-electron chi connectivity index (χ2n) is 6.79. The molecule has 2 aromatic heterocycles. The van der Waals surface area contributed by atoms with Gasteiger partial charge in [-0.3, -0.25) is 9.59 Å². The summed E-state index contributed by atoms with van der Waals surface area (Å²) in [5, 5.41) is 6.33. The molecule has 1 atom stereocenters. The van der Waals surface area contributed by atoms with E-state index in [9.17, 15) is 14.0 Å². The van der Waals surface area contributed by atoms with Crippen molar-refractivity contribution in [3.05, 3.63) is 58.0 Å². The number of nitrogens with zero attached hydrogens (tertiary/aromatic N) is 3. The highest BCUT2D eigenvalue weighted by atomic mass is 19.1. The zero-order valence-electron chi connectivity index (χ0n) is 14.7. The second kappa shape index (κ2) is 7.30. The van der Waals surface area contributed by atoms with Gasteiger partial charge in [0.1, 0.15) is 11.6 Å². The number of likely N-dealkylation sites (tertiary alicyclic amines) is 1. The van der Waals surface area contributed by atoms with Crippen LogP contribution in [0.15, 0.2) is 35.1 Å². The van der Waals surface area contributed by atoms with Gasteiger partial charge in [0.05, 0.1) is 22.8 Å². The molecule has 0 unspecified atom stereocenters. The molecule has 27 heavy (non-hydrogen) atoms. The molecule has 4 rings (SSSR count). The minimum atomic E-state index is -0.317. The Labute approximate surface area is 154 Å². The number of fused-ring (bicyclic) bond motifs is 1. The molecule has 1 saturated heterocycles. The van der Waals surface area contributed by atoms with Crippen molar-refractivity contribution >= 4 is 16.9 Å². The molecule has 7 nitrogen and oxygen atoms in total. The Bertz CT molecular complexity index is 1010. The molecular weight excluding hydrogens is 349 g/mol. The highest BCUT2D eigenvalue weighted by Gasteiger charge is 2.30. The molecule has 3 aromatic rings. The fourth-order valence-electron chi connectivity index (χ4n) is 3.56. The van der Waals surface area contributed by atoms with Crippen LogP contribution in [0.1, 0.15) is 43.2 Å². The third kappa shape index (κ3) is 3.74. The number of aromatic nitrogens is 4. The zero-order valence-corrected chi connectivity index (χ0v) is 14.7. The summed E-state index contributed by atoms with van der Waals surface area (Å²) in [6.07, 6.45) is 3.56. The van der Waals surface area contributed by atoms with Crippen LogP contribution in [0, 0.1) is 5.82 Å². The molecule has 1 aliphatic heterocycles. The summed E-state index contributed by atoms with van der Waals surface area (Å²) in [6, 6.07) is 7.35. The van der Waals surface area contributed by atoms with Gasteiger partial charge in [0.25, 0.3) is 5.56 Å². The Hall–Kier alpha value is -3.03. The first-order chi connectivity index (χ1) is 13.1. The number of nitrogens with one attached hydrogen (secondary N) is 2. The number of hydrogen-bond acceptors (Lipinski definition) is 4. The van der Waals surface area contributed by atoms with Crippen molar-refractivity contribution in [3.8, 4) is 0 Å². The van der Waals surface area contributed by atoms with E-state index in [1.165, 1.54) is 18.2 Å². The first-order valence-corrected chi connectivity index (χ1v) is 9.09. The van der Waals surface area contributed by atoms with Crippen LogP contribution in [0.2, 0.25) is 0 Å². The maximum atomic E-state index is 13.4. The average Bonchev–Trinajstić information content (AvgIpc) is 3.10. The normalized spacial score (nSPS) is 17.4. The smallest absolute Gasteiger partial charge is 0.264 e. The van der Waals surface area contributed by atoms with E-state index in [1.807, 2.05) is 4.90 Å². The summed E-state index contributed by atoms with van der Waals surface area (Å²) in [5.41, 5.74) is 1.75. The van der Waals surface area contributed by atoms with Gasteiger partial charge in [-0.05, 0) is 43.5 Å². The van der Waals surface area contributed by atoms with Gasteiger partial charge in [-0.25, -0.2) is 14.5 Å². The molecule has 0 spiro atoms. The fourth-order valence-corrected chi connectivity index (χ4v) is 3.56. The minimum Gasteiger partial charge on any atom is -0.340 e. The molecule has 3 heterocycles. The number of aromatic amines is 2. The molecule has 1 aliphatic rings. The molecule has 0 saturated carbocycles. The maximum absolute atomic E-state index is 13.4. The van der Waals surface area contributed by atoms with Crippen LogP contribution < -0.4 is 5.56 Å². The van der Waals surface area contributed by atoms with Crippen molar-refractivity contribution in [3.63, 3.8) is 0 Å². The third-order valence-electron chi connectivity index (χ3n) is 4.93. The van der Waals surface area contributed by atoms with Gasteiger partial charge in [0.15, 0.2) is 0 Å². The Kier molecular flexibility index (Phi) is 4.70.